The number of benzene rings is 2. The molecular weight excluding hydrogens is 525 g/mol. The number of amides is 1. The third-order valence-corrected chi connectivity index (χ3v) is 5.22. The van der Waals surface area contributed by atoms with Crippen LogP contribution >= 0.6 is 63.0 Å². The van der Waals surface area contributed by atoms with Gasteiger partial charge in [0.15, 0.2) is 5.11 Å². The van der Waals surface area contributed by atoms with Gasteiger partial charge in [0.2, 0.25) is 5.82 Å². The van der Waals surface area contributed by atoms with Crippen LogP contribution in [-0.2, 0) is 11.3 Å². The summed E-state index contributed by atoms with van der Waals surface area (Å²) in [7, 11) is 0. The van der Waals surface area contributed by atoms with E-state index in [0.717, 1.165) is 9.27 Å². The van der Waals surface area contributed by atoms with Crippen LogP contribution in [0.2, 0.25) is 15.1 Å². The maximum Gasteiger partial charge on any atom is 0.262 e. The van der Waals surface area contributed by atoms with E-state index >= 15 is 0 Å². The number of carbonyl (C=O) groups is 1. The van der Waals surface area contributed by atoms with Crippen molar-refractivity contribution in [3.05, 3.63) is 55.9 Å². The molecule has 3 N–H and O–H groups in total. The predicted octanol–water partition coefficient (Wildman–Crippen LogP) is 4.08. The van der Waals surface area contributed by atoms with Crippen molar-refractivity contribution in [3.63, 3.8) is 0 Å². The maximum absolute atomic E-state index is 12.1. The van der Waals surface area contributed by atoms with Gasteiger partial charge >= 0.3 is 0 Å². The minimum absolute atomic E-state index is 0.178. The van der Waals surface area contributed by atoms with Crippen LogP contribution in [0.4, 0.5) is 5.69 Å². The van der Waals surface area contributed by atoms with E-state index in [2.05, 4.69) is 47.5 Å². The molecule has 0 fully saturated rings. The van der Waals surface area contributed by atoms with Gasteiger partial charge in [0.1, 0.15) is 6.54 Å². The Balaban J connectivity index is 1.52. The van der Waals surface area contributed by atoms with E-state index in [1.54, 1.807) is 36.4 Å². The van der Waals surface area contributed by atoms with Crippen molar-refractivity contribution in [2.45, 2.75) is 6.54 Å². The highest BCUT2D eigenvalue weighted by molar-refractivity contribution is 9.10. The first-order valence-electron chi connectivity index (χ1n) is 7.85. The van der Waals surface area contributed by atoms with Crippen molar-refractivity contribution in [1.29, 1.82) is 0 Å². The van der Waals surface area contributed by atoms with Crippen LogP contribution in [-0.4, -0.2) is 31.2 Å². The molecule has 1 aromatic heterocycles. The normalized spacial score (nSPS) is 10.5. The molecule has 0 spiro atoms. The first kappa shape index (κ1) is 21.7. The van der Waals surface area contributed by atoms with Gasteiger partial charge in [-0.15, -0.1) is 10.2 Å². The lowest BCUT2D eigenvalue weighted by Crippen LogP contribution is -2.45. The third kappa shape index (κ3) is 6.25. The summed E-state index contributed by atoms with van der Waals surface area (Å²) in [5.74, 6) is -0.143. The molecule has 150 valence electrons. The molecule has 13 heteroatoms. The molecule has 0 aliphatic heterocycles. The standard InChI is InChI=1S/C16H11BrCl3N7OS/c17-12-2-1-11(6-13(12)20)21-16(29)24-22-14(28)7-27-25-15(23-26-27)8-3-9(18)5-10(19)4-8/h1-6H,7H2,(H,22,28)(H2,21,24,29). The van der Waals surface area contributed by atoms with Gasteiger partial charge < -0.3 is 5.32 Å². The van der Waals surface area contributed by atoms with Gasteiger partial charge in [0.25, 0.3) is 5.91 Å². The quantitative estimate of drug-likeness (QED) is 0.342. The highest BCUT2D eigenvalue weighted by atomic mass is 79.9. The Hall–Kier alpha value is -1.98. The second kappa shape index (κ2) is 9.68. The maximum atomic E-state index is 12.1. The number of rotatable bonds is 4. The van der Waals surface area contributed by atoms with Gasteiger partial charge in [-0.25, -0.2) is 0 Å². The molecule has 0 aliphatic rings. The second-order valence-electron chi connectivity index (χ2n) is 5.56. The van der Waals surface area contributed by atoms with Crippen molar-refractivity contribution < 1.29 is 4.79 Å². The van der Waals surface area contributed by atoms with E-state index in [-0.39, 0.29) is 11.7 Å². The molecule has 0 saturated carbocycles. The highest BCUT2D eigenvalue weighted by Crippen LogP contribution is 2.25. The summed E-state index contributed by atoms with van der Waals surface area (Å²) < 4.78 is 0.761. The fourth-order valence-electron chi connectivity index (χ4n) is 2.14. The van der Waals surface area contributed by atoms with Crippen LogP contribution in [0.1, 0.15) is 0 Å². The summed E-state index contributed by atoms with van der Waals surface area (Å²) in [4.78, 5) is 13.2. The smallest absolute Gasteiger partial charge is 0.262 e. The molecule has 3 aromatic rings. The van der Waals surface area contributed by atoms with E-state index in [1.165, 1.54) is 0 Å². The number of hydrogen-bond donors (Lipinski definition) is 3. The van der Waals surface area contributed by atoms with Crippen LogP contribution in [0.25, 0.3) is 11.4 Å². The average Bonchev–Trinajstić information content (AvgIpc) is 3.11. The zero-order chi connectivity index (χ0) is 21.0. The molecule has 0 bridgehead atoms. The van der Waals surface area contributed by atoms with E-state index in [0.29, 0.717) is 32.1 Å². The zero-order valence-corrected chi connectivity index (χ0v) is 19.0. The third-order valence-electron chi connectivity index (χ3n) is 3.35. The van der Waals surface area contributed by atoms with Gasteiger partial charge in [0, 0.05) is 25.8 Å². The van der Waals surface area contributed by atoms with Crippen LogP contribution in [0.3, 0.4) is 0 Å². The zero-order valence-electron chi connectivity index (χ0n) is 14.3. The van der Waals surface area contributed by atoms with Gasteiger partial charge in [-0.05, 0) is 69.8 Å². The first-order chi connectivity index (χ1) is 13.8. The van der Waals surface area contributed by atoms with Gasteiger partial charge in [-0.3, -0.25) is 15.6 Å². The molecule has 3 rings (SSSR count). The predicted molar refractivity (Wildman–Crippen MR) is 120 cm³/mol. The van der Waals surface area contributed by atoms with Crippen LogP contribution < -0.4 is 16.2 Å². The molecule has 0 radical (unpaired) electrons. The number of thiocarbonyl (C=S) groups is 1. The summed E-state index contributed by atoms with van der Waals surface area (Å²) in [5, 5.41) is 16.4. The topological polar surface area (TPSA) is 96.8 Å². The molecular formula is C16H11BrCl3N7OS. The minimum atomic E-state index is -0.434. The number of hydrazine groups is 1. The molecule has 1 heterocycles. The first-order valence-corrected chi connectivity index (χ1v) is 10.2. The Morgan fingerprint density at radius 1 is 1.10 bits per heavy atom. The van der Waals surface area contributed by atoms with Crippen molar-refractivity contribution in [3.8, 4) is 11.4 Å². The number of halogens is 4. The number of carbonyl (C=O) groups excluding carboxylic acids is 1. The van der Waals surface area contributed by atoms with E-state index in [1.807, 2.05) is 0 Å². The number of anilines is 1. The monoisotopic (exact) mass is 533 g/mol. The number of nitrogens with one attached hydrogen (secondary N) is 3. The van der Waals surface area contributed by atoms with Crippen LogP contribution in [0.5, 0.6) is 0 Å². The molecule has 0 aliphatic carbocycles. The summed E-state index contributed by atoms with van der Waals surface area (Å²) in [5.41, 5.74) is 6.27. The number of nitrogens with zero attached hydrogens (tertiary/aromatic N) is 4. The number of tetrazole rings is 1. The van der Waals surface area contributed by atoms with Gasteiger partial charge in [-0.1, -0.05) is 34.8 Å². The molecule has 0 atom stereocenters. The van der Waals surface area contributed by atoms with E-state index < -0.39 is 5.91 Å². The minimum Gasteiger partial charge on any atom is -0.331 e. The molecule has 1 amide bonds. The lowest BCUT2D eigenvalue weighted by molar-refractivity contribution is -0.122. The molecule has 8 nitrogen and oxygen atoms in total. The summed E-state index contributed by atoms with van der Waals surface area (Å²) in [6.45, 7) is -0.180. The van der Waals surface area contributed by atoms with Crippen molar-refractivity contribution in [1.82, 2.24) is 31.1 Å². The van der Waals surface area contributed by atoms with Gasteiger partial charge in [-0.2, -0.15) is 4.80 Å². The Labute approximate surface area is 194 Å². The van der Waals surface area contributed by atoms with Gasteiger partial charge in [0.05, 0.1) is 5.02 Å². The highest BCUT2D eigenvalue weighted by Gasteiger charge is 2.11. The molecule has 0 saturated heterocycles. The Bertz CT molecular complexity index is 1060. The van der Waals surface area contributed by atoms with E-state index in [4.69, 9.17) is 47.0 Å². The van der Waals surface area contributed by atoms with Crippen molar-refractivity contribution in [2.24, 2.45) is 0 Å². The second-order valence-corrected chi connectivity index (χ2v) is 8.10. The fourth-order valence-corrected chi connectivity index (χ4v) is 3.26. The Kier molecular flexibility index (Phi) is 7.25. The Morgan fingerprint density at radius 3 is 2.52 bits per heavy atom. The number of aromatic nitrogens is 4. The fraction of sp³-hybridized carbons (Fsp3) is 0.0625. The van der Waals surface area contributed by atoms with Crippen molar-refractivity contribution >= 4 is 79.7 Å². The Morgan fingerprint density at radius 2 is 1.83 bits per heavy atom. The summed E-state index contributed by atoms with van der Waals surface area (Å²) in [6, 6.07) is 10.1. The largest absolute Gasteiger partial charge is 0.331 e. The molecule has 0 unspecified atom stereocenters. The molecule has 29 heavy (non-hydrogen) atoms. The molecule has 2 aromatic carbocycles. The van der Waals surface area contributed by atoms with Crippen molar-refractivity contribution in [2.75, 3.05) is 5.32 Å². The van der Waals surface area contributed by atoms with Crippen LogP contribution in [0, 0.1) is 0 Å². The summed E-state index contributed by atoms with van der Waals surface area (Å²) >= 11 is 26.4. The SMILES string of the molecule is O=C(Cn1nnc(-c2cc(Cl)cc(Cl)c2)n1)NNC(=S)Nc1ccc(Br)c(Cl)c1. The summed E-state index contributed by atoms with van der Waals surface area (Å²) in [6.07, 6.45) is 0. The average molecular weight is 536 g/mol. The number of hydrogen-bond acceptors (Lipinski definition) is 5. The lowest BCUT2D eigenvalue weighted by atomic mass is 10.2. The van der Waals surface area contributed by atoms with Crippen LogP contribution in [0.15, 0.2) is 40.9 Å². The van der Waals surface area contributed by atoms with E-state index in [9.17, 15) is 4.79 Å². The lowest BCUT2D eigenvalue weighted by Gasteiger charge is -2.11.